The molecule has 0 saturated carbocycles. The zero-order valence-corrected chi connectivity index (χ0v) is 11.7. The fourth-order valence-corrected chi connectivity index (χ4v) is 2.29. The van der Waals surface area contributed by atoms with E-state index < -0.39 is 0 Å². The van der Waals surface area contributed by atoms with Crippen LogP contribution >= 0.6 is 0 Å². The van der Waals surface area contributed by atoms with Crippen LogP contribution < -0.4 is 15.5 Å². The van der Waals surface area contributed by atoms with E-state index >= 15 is 0 Å². The number of ether oxygens (including phenoxy) is 2. The van der Waals surface area contributed by atoms with Gasteiger partial charge in [0, 0.05) is 24.5 Å². The molecule has 6 heteroatoms. The number of cyclic esters (lactones) is 1. The highest BCUT2D eigenvalue weighted by Crippen LogP contribution is 2.23. The summed E-state index contributed by atoms with van der Waals surface area (Å²) in [6, 6.07) is 8.03. The van der Waals surface area contributed by atoms with Crippen molar-refractivity contribution in [3.05, 3.63) is 24.3 Å². The van der Waals surface area contributed by atoms with Gasteiger partial charge in [-0.15, -0.1) is 0 Å². The Bertz CT molecular complexity index is 430. The van der Waals surface area contributed by atoms with E-state index in [-0.39, 0.29) is 6.09 Å². The normalized spacial score (nSPS) is 18.4. The van der Waals surface area contributed by atoms with Gasteiger partial charge >= 0.3 is 6.09 Å². The molecule has 1 aromatic rings. The van der Waals surface area contributed by atoms with Crippen molar-refractivity contribution < 1.29 is 14.3 Å². The molecule has 1 amide bonds. The summed E-state index contributed by atoms with van der Waals surface area (Å²) in [7, 11) is 1.50. The molecule has 3 rings (SSSR count). The summed E-state index contributed by atoms with van der Waals surface area (Å²) < 4.78 is 10.3. The third-order valence-electron chi connectivity index (χ3n) is 3.30. The number of amides is 1. The highest BCUT2D eigenvalue weighted by molar-refractivity contribution is 5.89. The molecule has 0 unspecified atom stereocenters. The molecule has 2 aliphatic heterocycles. The summed E-state index contributed by atoms with van der Waals surface area (Å²) in [4.78, 5) is 15.4. The quantitative estimate of drug-likeness (QED) is 0.876. The van der Waals surface area contributed by atoms with Crippen LogP contribution in [0.4, 0.5) is 16.2 Å². The van der Waals surface area contributed by atoms with Gasteiger partial charge < -0.3 is 20.1 Å². The molecule has 0 bridgehead atoms. The predicted octanol–water partition coefficient (Wildman–Crippen LogP) is 1.05. The zero-order chi connectivity index (χ0) is 14.4. The Kier molecular flexibility index (Phi) is 5.20. The van der Waals surface area contributed by atoms with Crippen LogP contribution in [0, 0.1) is 0 Å². The molecule has 0 atom stereocenters. The summed E-state index contributed by atoms with van der Waals surface area (Å²) in [5, 5.41) is 0. The van der Waals surface area contributed by atoms with Crippen LogP contribution in [0.15, 0.2) is 24.3 Å². The van der Waals surface area contributed by atoms with E-state index in [0.29, 0.717) is 13.2 Å². The largest absolute Gasteiger partial charge is 0.447 e. The molecule has 20 heavy (non-hydrogen) atoms. The van der Waals surface area contributed by atoms with Gasteiger partial charge in [0.25, 0.3) is 0 Å². The molecule has 0 aromatic heterocycles. The number of nitrogens with zero attached hydrogens (tertiary/aromatic N) is 2. The number of carbonyl (C=O) groups excluding carboxylic acids is 1. The number of hydrogen-bond donors (Lipinski definition) is 1. The van der Waals surface area contributed by atoms with E-state index in [1.165, 1.54) is 12.7 Å². The Morgan fingerprint density at radius 3 is 2.10 bits per heavy atom. The molecular formula is C14H21N3O3. The van der Waals surface area contributed by atoms with E-state index in [9.17, 15) is 4.79 Å². The minimum atomic E-state index is -0.255. The van der Waals surface area contributed by atoms with Crippen LogP contribution in [0.2, 0.25) is 0 Å². The van der Waals surface area contributed by atoms with Crippen molar-refractivity contribution in [2.24, 2.45) is 5.73 Å². The van der Waals surface area contributed by atoms with Gasteiger partial charge in [-0.05, 0) is 31.3 Å². The summed E-state index contributed by atoms with van der Waals surface area (Å²) in [5.41, 5.74) is 6.57. The SMILES string of the molecule is CN.O=C1OCCN1c1ccc(N2CCOCC2)cc1. The summed E-state index contributed by atoms with van der Waals surface area (Å²) in [6.07, 6.45) is -0.255. The maximum atomic E-state index is 11.4. The van der Waals surface area contributed by atoms with Crippen molar-refractivity contribution in [1.29, 1.82) is 0 Å². The molecule has 2 fully saturated rings. The van der Waals surface area contributed by atoms with Gasteiger partial charge in [0.05, 0.1) is 19.8 Å². The Balaban J connectivity index is 0.000000704. The van der Waals surface area contributed by atoms with Gasteiger partial charge in [-0.25, -0.2) is 4.79 Å². The van der Waals surface area contributed by atoms with Crippen LogP contribution in [-0.2, 0) is 9.47 Å². The molecule has 0 spiro atoms. The van der Waals surface area contributed by atoms with E-state index in [2.05, 4.69) is 10.6 Å². The van der Waals surface area contributed by atoms with Gasteiger partial charge in [-0.3, -0.25) is 4.90 Å². The molecule has 110 valence electrons. The smallest absolute Gasteiger partial charge is 0.414 e. The minimum absolute atomic E-state index is 0.255. The number of nitrogens with two attached hydrogens (primary N) is 1. The summed E-state index contributed by atoms with van der Waals surface area (Å²) in [5.74, 6) is 0. The number of rotatable bonds is 2. The van der Waals surface area contributed by atoms with Crippen molar-refractivity contribution in [1.82, 2.24) is 0 Å². The van der Waals surface area contributed by atoms with Crippen LogP contribution in [-0.4, -0.2) is 52.6 Å². The minimum Gasteiger partial charge on any atom is -0.447 e. The fourth-order valence-electron chi connectivity index (χ4n) is 2.29. The van der Waals surface area contributed by atoms with Crippen molar-refractivity contribution >= 4 is 17.5 Å². The predicted molar refractivity (Wildman–Crippen MR) is 78.3 cm³/mol. The topological polar surface area (TPSA) is 68.0 Å². The van der Waals surface area contributed by atoms with Gasteiger partial charge in [-0.2, -0.15) is 0 Å². The monoisotopic (exact) mass is 279 g/mol. The van der Waals surface area contributed by atoms with Crippen LogP contribution in [0.3, 0.4) is 0 Å². The highest BCUT2D eigenvalue weighted by atomic mass is 16.6. The third kappa shape index (κ3) is 3.20. The summed E-state index contributed by atoms with van der Waals surface area (Å²) in [6.45, 7) is 4.51. The van der Waals surface area contributed by atoms with Crippen molar-refractivity contribution in [2.75, 3.05) is 56.3 Å². The molecule has 2 aliphatic rings. The van der Waals surface area contributed by atoms with E-state index in [1.54, 1.807) is 4.90 Å². The molecule has 1 aromatic carbocycles. The lowest BCUT2D eigenvalue weighted by Crippen LogP contribution is -2.36. The molecule has 2 N–H and O–H groups in total. The number of anilines is 2. The van der Waals surface area contributed by atoms with E-state index in [4.69, 9.17) is 9.47 Å². The van der Waals surface area contributed by atoms with Gasteiger partial charge in [0.2, 0.25) is 0 Å². The Morgan fingerprint density at radius 2 is 1.55 bits per heavy atom. The first kappa shape index (κ1) is 14.6. The van der Waals surface area contributed by atoms with Gasteiger partial charge in [0.15, 0.2) is 0 Å². The lowest BCUT2D eigenvalue weighted by atomic mass is 10.2. The maximum absolute atomic E-state index is 11.4. The van der Waals surface area contributed by atoms with Gasteiger partial charge in [0.1, 0.15) is 6.61 Å². The number of benzene rings is 1. The van der Waals surface area contributed by atoms with Gasteiger partial charge in [-0.1, -0.05) is 0 Å². The Morgan fingerprint density at radius 1 is 0.950 bits per heavy atom. The molecule has 2 saturated heterocycles. The Labute approximate surface area is 119 Å². The first-order valence-electron chi connectivity index (χ1n) is 6.79. The Hall–Kier alpha value is -1.79. The number of hydrogen-bond acceptors (Lipinski definition) is 5. The standard InChI is InChI=1S/C13H16N2O3.CH5N/c16-13-15(7-10-18-13)12-3-1-11(2-4-12)14-5-8-17-9-6-14;1-2/h1-4H,5-10H2;2H2,1H3. The first-order chi connectivity index (χ1) is 9.84. The first-order valence-corrected chi connectivity index (χ1v) is 6.79. The van der Waals surface area contributed by atoms with Crippen molar-refractivity contribution in [3.63, 3.8) is 0 Å². The van der Waals surface area contributed by atoms with Crippen LogP contribution in [0.5, 0.6) is 0 Å². The number of carbonyl (C=O) groups is 1. The second-order valence-corrected chi connectivity index (χ2v) is 4.38. The van der Waals surface area contributed by atoms with Crippen LogP contribution in [0.25, 0.3) is 0 Å². The number of morpholine rings is 1. The third-order valence-corrected chi connectivity index (χ3v) is 3.30. The van der Waals surface area contributed by atoms with E-state index in [0.717, 1.165) is 32.0 Å². The average Bonchev–Trinajstić information content (AvgIpc) is 2.96. The fraction of sp³-hybridized carbons (Fsp3) is 0.500. The summed E-state index contributed by atoms with van der Waals surface area (Å²) >= 11 is 0. The molecule has 2 heterocycles. The second kappa shape index (κ2) is 7.12. The van der Waals surface area contributed by atoms with Crippen LogP contribution in [0.1, 0.15) is 0 Å². The lowest BCUT2D eigenvalue weighted by molar-refractivity contribution is 0.122. The second-order valence-electron chi connectivity index (χ2n) is 4.38. The van der Waals surface area contributed by atoms with Crippen molar-refractivity contribution in [2.45, 2.75) is 0 Å². The average molecular weight is 279 g/mol. The van der Waals surface area contributed by atoms with E-state index in [1.807, 2.05) is 24.3 Å². The maximum Gasteiger partial charge on any atom is 0.414 e. The zero-order valence-electron chi connectivity index (χ0n) is 11.7. The highest BCUT2D eigenvalue weighted by Gasteiger charge is 2.23. The lowest BCUT2D eigenvalue weighted by Gasteiger charge is -2.29. The van der Waals surface area contributed by atoms with Crippen molar-refractivity contribution in [3.8, 4) is 0 Å². The molecular weight excluding hydrogens is 258 g/mol. The molecule has 0 aliphatic carbocycles. The molecule has 6 nitrogen and oxygen atoms in total. The molecule has 0 radical (unpaired) electrons.